The van der Waals surface area contributed by atoms with Gasteiger partial charge in [0.1, 0.15) is 6.61 Å². The van der Waals surface area contributed by atoms with Gasteiger partial charge in [-0.3, -0.25) is 0 Å². The fraction of sp³-hybridized carbons (Fsp3) is 0.692. The molecule has 0 spiro atoms. The quantitative estimate of drug-likeness (QED) is 0.457. The molecule has 7 heteroatoms. The third-order valence-electron chi connectivity index (χ3n) is 2.47. The normalized spacial score (nSPS) is 10.8. The summed E-state index contributed by atoms with van der Waals surface area (Å²) in [5, 5.41) is 0. The lowest BCUT2D eigenvalue weighted by molar-refractivity contribution is 0.0173. The van der Waals surface area contributed by atoms with Crippen LogP contribution in [0, 0.1) is 6.92 Å². The molecule has 20 heavy (non-hydrogen) atoms. The third kappa shape index (κ3) is 7.00. The smallest absolute Gasteiger partial charge is 0.316 e. The minimum Gasteiger partial charge on any atom is -0.461 e. The standard InChI is InChI=1S/C13H21ClN2O4/c1-11-12(9-14)10-15-13(16-11)20-8-7-19-6-5-18-4-3-17-2/h10H,3-9H2,1-2H3. The molecule has 0 amide bonds. The minimum absolute atomic E-state index is 0.344. The first kappa shape index (κ1) is 17.1. The summed E-state index contributed by atoms with van der Waals surface area (Å²) >= 11 is 5.73. The Morgan fingerprint density at radius 3 is 2.30 bits per heavy atom. The lowest BCUT2D eigenvalue weighted by Crippen LogP contribution is -2.13. The van der Waals surface area contributed by atoms with Gasteiger partial charge in [-0.05, 0) is 6.92 Å². The molecule has 0 aromatic carbocycles. The second kappa shape index (κ2) is 10.8. The molecular formula is C13H21ClN2O4. The molecule has 1 rings (SSSR count). The highest BCUT2D eigenvalue weighted by Crippen LogP contribution is 2.10. The molecule has 1 aromatic rings. The van der Waals surface area contributed by atoms with Crippen LogP contribution in [0.1, 0.15) is 11.3 Å². The number of rotatable bonds is 11. The van der Waals surface area contributed by atoms with E-state index in [0.29, 0.717) is 51.5 Å². The monoisotopic (exact) mass is 304 g/mol. The van der Waals surface area contributed by atoms with Crippen molar-refractivity contribution >= 4 is 11.6 Å². The zero-order valence-electron chi connectivity index (χ0n) is 11.9. The van der Waals surface area contributed by atoms with Gasteiger partial charge in [-0.25, -0.2) is 9.97 Å². The van der Waals surface area contributed by atoms with Crippen molar-refractivity contribution in [2.24, 2.45) is 0 Å². The summed E-state index contributed by atoms with van der Waals surface area (Å²) in [4.78, 5) is 8.27. The van der Waals surface area contributed by atoms with Crippen molar-refractivity contribution in [1.82, 2.24) is 9.97 Å². The predicted molar refractivity (Wildman–Crippen MR) is 75.3 cm³/mol. The van der Waals surface area contributed by atoms with Crippen LogP contribution in [0.25, 0.3) is 0 Å². The molecule has 0 saturated carbocycles. The Hall–Kier alpha value is -0.950. The summed E-state index contributed by atoms with van der Waals surface area (Å²) in [5.74, 6) is 0.401. The summed E-state index contributed by atoms with van der Waals surface area (Å²) in [5.41, 5.74) is 1.74. The number of nitrogens with zero attached hydrogens (tertiary/aromatic N) is 2. The average molecular weight is 305 g/mol. The zero-order valence-corrected chi connectivity index (χ0v) is 12.7. The van der Waals surface area contributed by atoms with E-state index in [1.54, 1.807) is 13.3 Å². The summed E-state index contributed by atoms with van der Waals surface area (Å²) in [6.45, 7) is 4.99. The van der Waals surface area contributed by atoms with E-state index < -0.39 is 0 Å². The summed E-state index contributed by atoms with van der Waals surface area (Å²) < 4.78 is 20.8. The van der Waals surface area contributed by atoms with E-state index in [2.05, 4.69) is 9.97 Å². The molecule has 0 aliphatic carbocycles. The number of aryl methyl sites for hydroxylation is 1. The Balaban J connectivity index is 2.05. The molecule has 114 valence electrons. The van der Waals surface area contributed by atoms with Gasteiger partial charge in [0.2, 0.25) is 0 Å². The zero-order chi connectivity index (χ0) is 14.6. The van der Waals surface area contributed by atoms with Gasteiger partial charge >= 0.3 is 6.01 Å². The Kier molecular flexibility index (Phi) is 9.23. The summed E-state index contributed by atoms with van der Waals surface area (Å²) in [6.07, 6.45) is 1.68. The van der Waals surface area contributed by atoms with Crippen LogP contribution in [0.4, 0.5) is 0 Å². The second-order valence-corrected chi connectivity index (χ2v) is 4.23. The van der Waals surface area contributed by atoms with E-state index in [-0.39, 0.29) is 0 Å². The lowest BCUT2D eigenvalue weighted by Gasteiger charge is -2.07. The topological polar surface area (TPSA) is 62.7 Å². The van der Waals surface area contributed by atoms with Gasteiger partial charge in [0.15, 0.2) is 0 Å². The van der Waals surface area contributed by atoms with Crippen LogP contribution in [-0.2, 0) is 20.1 Å². The molecule has 0 saturated heterocycles. The number of ether oxygens (including phenoxy) is 4. The van der Waals surface area contributed by atoms with Gasteiger partial charge in [-0.15, -0.1) is 11.6 Å². The molecule has 1 aromatic heterocycles. The van der Waals surface area contributed by atoms with Crippen LogP contribution in [-0.4, -0.2) is 56.7 Å². The highest BCUT2D eigenvalue weighted by Gasteiger charge is 2.03. The maximum absolute atomic E-state index is 5.73. The van der Waals surface area contributed by atoms with Crippen LogP contribution in [0.2, 0.25) is 0 Å². The van der Waals surface area contributed by atoms with Gasteiger partial charge in [-0.2, -0.15) is 0 Å². The number of hydrogen-bond acceptors (Lipinski definition) is 6. The molecule has 0 N–H and O–H groups in total. The van der Waals surface area contributed by atoms with Crippen molar-refractivity contribution in [1.29, 1.82) is 0 Å². The van der Waals surface area contributed by atoms with Gasteiger partial charge in [0.25, 0.3) is 0 Å². The van der Waals surface area contributed by atoms with E-state index in [4.69, 9.17) is 30.5 Å². The first-order valence-corrected chi connectivity index (χ1v) is 6.97. The molecule has 0 aliphatic heterocycles. The fourth-order valence-electron chi connectivity index (χ4n) is 1.33. The first-order chi connectivity index (χ1) is 9.77. The van der Waals surface area contributed by atoms with Gasteiger partial charge in [-0.1, -0.05) is 0 Å². The molecule has 0 fully saturated rings. The molecule has 0 radical (unpaired) electrons. The first-order valence-electron chi connectivity index (χ1n) is 6.43. The maximum atomic E-state index is 5.73. The Morgan fingerprint density at radius 2 is 1.70 bits per heavy atom. The SMILES string of the molecule is COCCOCCOCCOc1ncc(CCl)c(C)n1. The summed E-state index contributed by atoms with van der Waals surface area (Å²) in [7, 11) is 1.64. The molecule has 1 heterocycles. The van der Waals surface area contributed by atoms with E-state index in [9.17, 15) is 0 Å². The minimum atomic E-state index is 0.344. The average Bonchev–Trinajstić information content (AvgIpc) is 2.46. The van der Waals surface area contributed by atoms with E-state index in [0.717, 1.165) is 11.3 Å². The number of methoxy groups -OCH3 is 1. The largest absolute Gasteiger partial charge is 0.461 e. The Labute approximate surface area is 124 Å². The lowest BCUT2D eigenvalue weighted by atomic mass is 10.3. The Morgan fingerprint density at radius 1 is 1.05 bits per heavy atom. The van der Waals surface area contributed by atoms with Crippen molar-refractivity contribution in [2.75, 3.05) is 46.8 Å². The number of alkyl halides is 1. The van der Waals surface area contributed by atoms with Crippen molar-refractivity contribution < 1.29 is 18.9 Å². The number of halogens is 1. The number of aromatic nitrogens is 2. The highest BCUT2D eigenvalue weighted by atomic mass is 35.5. The molecule has 0 aliphatic rings. The van der Waals surface area contributed by atoms with Crippen LogP contribution in [0.15, 0.2) is 6.20 Å². The molecule has 0 bridgehead atoms. The van der Waals surface area contributed by atoms with Crippen molar-refractivity contribution in [3.05, 3.63) is 17.5 Å². The van der Waals surface area contributed by atoms with E-state index >= 15 is 0 Å². The van der Waals surface area contributed by atoms with Crippen LogP contribution in [0.5, 0.6) is 6.01 Å². The van der Waals surface area contributed by atoms with E-state index in [1.165, 1.54) is 0 Å². The highest BCUT2D eigenvalue weighted by molar-refractivity contribution is 6.17. The van der Waals surface area contributed by atoms with Gasteiger partial charge in [0, 0.05) is 24.6 Å². The van der Waals surface area contributed by atoms with E-state index in [1.807, 2.05) is 6.92 Å². The molecular weight excluding hydrogens is 284 g/mol. The van der Waals surface area contributed by atoms with Crippen LogP contribution in [0.3, 0.4) is 0 Å². The van der Waals surface area contributed by atoms with Crippen molar-refractivity contribution in [2.45, 2.75) is 12.8 Å². The van der Waals surface area contributed by atoms with Crippen LogP contribution < -0.4 is 4.74 Å². The van der Waals surface area contributed by atoms with Crippen molar-refractivity contribution in [3.8, 4) is 6.01 Å². The molecule has 6 nitrogen and oxygen atoms in total. The fourth-order valence-corrected chi connectivity index (χ4v) is 1.59. The van der Waals surface area contributed by atoms with Gasteiger partial charge < -0.3 is 18.9 Å². The molecule has 0 unspecified atom stereocenters. The Bertz CT molecular complexity index is 379. The molecule has 0 atom stereocenters. The maximum Gasteiger partial charge on any atom is 0.316 e. The summed E-state index contributed by atoms with van der Waals surface area (Å²) in [6, 6.07) is 0.344. The van der Waals surface area contributed by atoms with Crippen LogP contribution >= 0.6 is 11.6 Å². The third-order valence-corrected chi connectivity index (χ3v) is 2.75. The van der Waals surface area contributed by atoms with Gasteiger partial charge in [0.05, 0.1) is 38.9 Å². The number of hydrogen-bond donors (Lipinski definition) is 0. The second-order valence-electron chi connectivity index (χ2n) is 3.96. The van der Waals surface area contributed by atoms with Crippen molar-refractivity contribution in [3.63, 3.8) is 0 Å². The predicted octanol–water partition coefficient (Wildman–Crippen LogP) is 1.58.